The Morgan fingerprint density at radius 1 is 1.27 bits per heavy atom. The molecule has 1 heteroatoms. The smallest absolute Gasteiger partial charge is 0.0109 e. The molecule has 0 saturated carbocycles. The standard InChI is InChI=1S/C14H27N/c1-8-11(2)9-10-15-13(4)12(3)14(5,6)7/h9-11,15H,8H2,1-7H3/b10-9+,13-12+. The van der Waals surface area contributed by atoms with Crippen LogP contribution < -0.4 is 5.32 Å². The van der Waals surface area contributed by atoms with Gasteiger partial charge in [0.05, 0.1) is 0 Å². The van der Waals surface area contributed by atoms with Crippen molar-refractivity contribution < 1.29 is 0 Å². The molecule has 0 aliphatic carbocycles. The van der Waals surface area contributed by atoms with Gasteiger partial charge in [-0.1, -0.05) is 47.1 Å². The van der Waals surface area contributed by atoms with Gasteiger partial charge in [-0.25, -0.2) is 0 Å². The van der Waals surface area contributed by atoms with Crippen LogP contribution in [0.3, 0.4) is 0 Å². The molecule has 1 nitrogen and oxygen atoms in total. The molecule has 0 aliphatic rings. The molecule has 0 aliphatic heterocycles. The van der Waals surface area contributed by atoms with E-state index in [1.54, 1.807) is 0 Å². The van der Waals surface area contributed by atoms with Crippen molar-refractivity contribution >= 4 is 0 Å². The van der Waals surface area contributed by atoms with Crippen LogP contribution in [0.5, 0.6) is 0 Å². The second kappa shape index (κ2) is 5.99. The van der Waals surface area contributed by atoms with Gasteiger partial charge in [0.1, 0.15) is 0 Å². The predicted molar refractivity (Wildman–Crippen MR) is 69.6 cm³/mol. The number of nitrogens with one attached hydrogen (secondary N) is 1. The monoisotopic (exact) mass is 209 g/mol. The number of hydrogen-bond acceptors (Lipinski definition) is 1. The van der Waals surface area contributed by atoms with Crippen LogP contribution in [0.2, 0.25) is 0 Å². The number of hydrogen-bond donors (Lipinski definition) is 1. The van der Waals surface area contributed by atoms with E-state index in [1.807, 2.05) is 0 Å². The van der Waals surface area contributed by atoms with Crippen LogP contribution in [-0.4, -0.2) is 0 Å². The molecule has 0 bridgehead atoms. The Kier molecular flexibility index (Phi) is 5.71. The number of rotatable bonds is 4. The minimum Gasteiger partial charge on any atom is -0.366 e. The molecule has 1 unspecified atom stereocenters. The molecule has 0 saturated heterocycles. The van der Waals surface area contributed by atoms with Crippen molar-refractivity contribution in [3.63, 3.8) is 0 Å². The summed E-state index contributed by atoms with van der Waals surface area (Å²) in [6.45, 7) is 15.5. The first-order valence-corrected chi connectivity index (χ1v) is 5.90. The lowest BCUT2D eigenvalue weighted by Crippen LogP contribution is -2.14. The van der Waals surface area contributed by atoms with Gasteiger partial charge in [0.2, 0.25) is 0 Å². The quantitative estimate of drug-likeness (QED) is 0.720. The van der Waals surface area contributed by atoms with E-state index < -0.39 is 0 Å². The van der Waals surface area contributed by atoms with Gasteiger partial charge in [-0.15, -0.1) is 0 Å². The van der Waals surface area contributed by atoms with Crippen molar-refractivity contribution in [2.75, 3.05) is 0 Å². The molecule has 0 fully saturated rings. The normalized spacial score (nSPS) is 16.5. The zero-order chi connectivity index (χ0) is 12.1. The van der Waals surface area contributed by atoms with Crippen LogP contribution in [0.1, 0.15) is 54.9 Å². The summed E-state index contributed by atoms with van der Waals surface area (Å²) in [5.41, 5.74) is 2.93. The zero-order valence-corrected chi connectivity index (χ0v) is 11.4. The fourth-order valence-corrected chi connectivity index (χ4v) is 1.14. The summed E-state index contributed by atoms with van der Waals surface area (Å²) >= 11 is 0. The Labute approximate surface area is 95.7 Å². The van der Waals surface area contributed by atoms with Gasteiger partial charge in [-0.3, -0.25) is 0 Å². The summed E-state index contributed by atoms with van der Waals surface area (Å²) in [4.78, 5) is 0. The van der Waals surface area contributed by atoms with E-state index in [1.165, 1.54) is 17.7 Å². The summed E-state index contributed by atoms with van der Waals surface area (Å²) in [7, 11) is 0. The highest BCUT2D eigenvalue weighted by Gasteiger charge is 2.14. The molecular weight excluding hydrogens is 182 g/mol. The maximum Gasteiger partial charge on any atom is 0.0109 e. The maximum atomic E-state index is 3.35. The molecule has 0 aromatic rings. The average Bonchev–Trinajstić information content (AvgIpc) is 2.14. The Morgan fingerprint density at radius 3 is 2.20 bits per heavy atom. The third-order valence-corrected chi connectivity index (χ3v) is 3.06. The molecule has 1 N–H and O–H groups in total. The first kappa shape index (κ1) is 14.3. The summed E-state index contributed by atoms with van der Waals surface area (Å²) in [6.07, 6.45) is 5.48. The highest BCUT2D eigenvalue weighted by molar-refractivity contribution is 5.16. The largest absolute Gasteiger partial charge is 0.366 e. The minimum absolute atomic E-state index is 0.251. The summed E-state index contributed by atoms with van der Waals surface area (Å²) < 4.78 is 0. The Balaban J connectivity index is 4.37. The maximum absolute atomic E-state index is 3.35. The molecule has 0 rings (SSSR count). The Hall–Kier alpha value is -0.720. The van der Waals surface area contributed by atoms with Gasteiger partial charge < -0.3 is 5.32 Å². The molecule has 0 radical (unpaired) electrons. The van der Waals surface area contributed by atoms with E-state index in [-0.39, 0.29) is 5.41 Å². The predicted octanol–water partition coefficient (Wildman–Crippen LogP) is 4.48. The van der Waals surface area contributed by atoms with E-state index >= 15 is 0 Å². The summed E-state index contributed by atoms with van der Waals surface area (Å²) in [6, 6.07) is 0. The fraction of sp³-hybridized carbons (Fsp3) is 0.714. The van der Waals surface area contributed by atoms with Gasteiger partial charge in [-0.05, 0) is 37.0 Å². The molecule has 1 atom stereocenters. The van der Waals surface area contributed by atoms with Gasteiger partial charge in [-0.2, -0.15) is 0 Å². The van der Waals surface area contributed by atoms with E-state index in [0.29, 0.717) is 5.92 Å². The lowest BCUT2D eigenvalue weighted by Gasteiger charge is -2.22. The Morgan fingerprint density at radius 2 is 1.80 bits per heavy atom. The summed E-state index contributed by atoms with van der Waals surface area (Å²) in [5, 5.41) is 3.35. The van der Waals surface area contributed by atoms with Crippen molar-refractivity contribution in [3.8, 4) is 0 Å². The van der Waals surface area contributed by atoms with Crippen LogP contribution in [0, 0.1) is 11.3 Å². The molecule has 0 aromatic heterocycles. The topological polar surface area (TPSA) is 12.0 Å². The minimum atomic E-state index is 0.251. The van der Waals surface area contributed by atoms with Crippen molar-refractivity contribution in [2.24, 2.45) is 11.3 Å². The van der Waals surface area contributed by atoms with Crippen LogP contribution in [0.15, 0.2) is 23.5 Å². The van der Waals surface area contributed by atoms with E-state index in [2.05, 4.69) is 66.1 Å². The Bertz CT molecular complexity index is 241. The van der Waals surface area contributed by atoms with Gasteiger partial charge in [0.15, 0.2) is 0 Å². The molecule has 0 aromatic carbocycles. The fourth-order valence-electron chi connectivity index (χ4n) is 1.14. The third kappa shape index (κ3) is 5.66. The van der Waals surface area contributed by atoms with E-state index in [4.69, 9.17) is 0 Å². The second-order valence-electron chi connectivity index (χ2n) is 5.39. The average molecular weight is 209 g/mol. The molecule has 0 amide bonds. The lowest BCUT2D eigenvalue weighted by atomic mass is 9.86. The van der Waals surface area contributed by atoms with Crippen LogP contribution in [0.4, 0.5) is 0 Å². The van der Waals surface area contributed by atoms with Crippen molar-refractivity contribution in [3.05, 3.63) is 23.5 Å². The lowest BCUT2D eigenvalue weighted by molar-refractivity contribution is 0.495. The van der Waals surface area contributed by atoms with Gasteiger partial charge >= 0.3 is 0 Å². The zero-order valence-electron chi connectivity index (χ0n) is 11.4. The van der Waals surface area contributed by atoms with Crippen LogP contribution >= 0.6 is 0 Å². The first-order valence-electron chi connectivity index (χ1n) is 5.90. The molecule has 0 heterocycles. The second-order valence-corrected chi connectivity index (χ2v) is 5.39. The van der Waals surface area contributed by atoms with Crippen LogP contribution in [0.25, 0.3) is 0 Å². The molecule has 15 heavy (non-hydrogen) atoms. The van der Waals surface area contributed by atoms with Gasteiger partial charge in [0, 0.05) is 5.70 Å². The summed E-state index contributed by atoms with van der Waals surface area (Å²) in [5.74, 6) is 0.653. The highest BCUT2D eigenvalue weighted by atomic mass is 14.8. The van der Waals surface area contributed by atoms with E-state index in [9.17, 15) is 0 Å². The van der Waals surface area contributed by atoms with E-state index in [0.717, 1.165) is 0 Å². The molecular formula is C14H27N. The van der Waals surface area contributed by atoms with Crippen molar-refractivity contribution in [1.29, 1.82) is 0 Å². The first-order chi connectivity index (χ1) is 6.79. The third-order valence-electron chi connectivity index (χ3n) is 3.06. The van der Waals surface area contributed by atoms with Crippen molar-refractivity contribution in [1.82, 2.24) is 5.32 Å². The van der Waals surface area contributed by atoms with Crippen molar-refractivity contribution in [2.45, 2.75) is 54.9 Å². The van der Waals surface area contributed by atoms with Gasteiger partial charge in [0.25, 0.3) is 0 Å². The van der Waals surface area contributed by atoms with Crippen LogP contribution in [-0.2, 0) is 0 Å². The highest BCUT2D eigenvalue weighted by Crippen LogP contribution is 2.26. The molecule has 88 valence electrons. The molecule has 0 spiro atoms. The number of allylic oxidation sites excluding steroid dienone is 3. The SMILES string of the molecule is CCC(C)/C=C/N/C(C)=C(\C)C(C)(C)C.